The normalized spacial score (nSPS) is 10.7. The molecule has 7 heteroatoms. The summed E-state index contributed by atoms with van der Waals surface area (Å²) in [5.74, 6) is 1.56. The minimum atomic E-state index is 0.438. The van der Waals surface area contributed by atoms with Crippen molar-refractivity contribution in [1.82, 2.24) is 20.2 Å². The fourth-order valence-corrected chi connectivity index (χ4v) is 2.79. The average Bonchev–Trinajstić information content (AvgIpc) is 3.08. The summed E-state index contributed by atoms with van der Waals surface area (Å²) in [5, 5.41) is 6.62. The zero-order valence-corrected chi connectivity index (χ0v) is 12.3. The second kappa shape index (κ2) is 5.56. The number of benzene rings is 1. The number of aromatic nitrogens is 4. The van der Waals surface area contributed by atoms with Crippen molar-refractivity contribution in [2.24, 2.45) is 0 Å². The molecule has 0 unspecified atom stereocenters. The van der Waals surface area contributed by atoms with Gasteiger partial charge in [0.15, 0.2) is 5.82 Å². The van der Waals surface area contributed by atoms with E-state index >= 15 is 0 Å². The Hall–Kier alpha value is -1.99. The van der Waals surface area contributed by atoms with E-state index in [1.54, 1.807) is 17.5 Å². The first kappa shape index (κ1) is 13.0. The highest BCUT2D eigenvalue weighted by atomic mass is 32.1. The molecule has 0 aliphatic carbocycles. The van der Waals surface area contributed by atoms with Gasteiger partial charge in [0, 0.05) is 11.8 Å². The van der Waals surface area contributed by atoms with Crippen molar-refractivity contribution in [3.63, 3.8) is 0 Å². The predicted octanol–water partition coefficient (Wildman–Crippen LogP) is 3.66. The van der Waals surface area contributed by atoms with E-state index in [1.165, 1.54) is 0 Å². The first-order valence-electron chi connectivity index (χ1n) is 6.10. The first-order valence-corrected chi connectivity index (χ1v) is 7.33. The van der Waals surface area contributed by atoms with Gasteiger partial charge in [-0.2, -0.15) is 4.98 Å². The number of H-pyrrole nitrogens is 2. The maximum absolute atomic E-state index is 5.50. The molecule has 102 valence electrons. The number of nitrogens with one attached hydrogen (secondary N) is 2. The van der Waals surface area contributed by atoms with Gasteiger partial charge in [-0.1, -0.05) is 12.1 Å². The smallest absolute Gasteiger partial charge is 0.213 e. The molecule has 2 N–H and O–H groups in total. The van der Waals surface area contributed by atoms with Crippen molar-refractivity contribution in [3.8, 4) is 27.0 Å². The van der Waals surface area contributed by atoms with E-state index < -0.39 is 0 Å². The predicted molar refractivity (Wildman–Crippen MR) is 81.5 cm³/mol. The molecule has 3 aromatic rings. The van der Waals surface area contributed by atoms with E-state index in [0.717, 1.165) is 21.2 Å². The highest BCUT2D eigenvalue weighted by Gasteiger charge is 2.09. The van der Waals surface area contributed by atoms with Gasteiger partial charge in [0.1, 0.15) is 10.8 Å². The SMILES string of the molecule is CCOc1cccc(-c2ncc(-c3nc(=S)[nH][nH]3)s2)c1. The third kappa shape index (κ3) is 2.63. The molecule has 0 aliphatic heterocycles. The summed E-state index contributed by atoms with van der Waals surface area (Å²) in [4.78, 5) is 9.55. The van der Waals surface area contributed by atoms with Gasteiger partial charge in [-0.15, -0.1) is 11.3 Å². The van der Waals surface area contributed by atoms with Crippen LogP contribution in [0.25, 0.3) is 21.3 Å². The van der Waals surface area contributed by atoms with Crippen LogP contribution < -0.4 is 4.74 Å². The Morgan fingerprint density at radius 2 is 2.25 bits per heavy atom. The molecular weight excluding hydrogens is 292 g/mol. The standard InChI is InChI=1S/C13H12N4OS2/c1-2-18-9-5-3-4-8(6-9)12-14-7-10(20-12)11-15-13(19)17-16-11/h3-7H,2H2,1H3,(H2,15,16,17,19). The van der Waals surface area contributed by atoms with E-state index in [2.05, 4.69) is 20.2 Å². The van der Waals surface area contributed by atoms with Gasteiger partial charge in [0.05, 0.1) is 11.5 Å². The number of aromatic amines is 2. The van der Waals surface area contributed by atoms with Crippen molar-refractivity contribution >= 4 is 23.6 Å². The summed E-state index contributed by atoms with van der Waals surface area (Å²) in [6, 6.07) is 7.90. The molecule has 0 radical (unpaired) electrons. The molecule has 0 saturated heterocycles. The van der Waals surface area contributed by atoms with Crippen LogP contribution in [0.5, 0.6) is 5.75 Å². The van der Waals surface area contributed by atoms with Gasteiger partial charge in [-0.3, -0.25) is 10.2 Å². The summed E-state index contributed by atoms with van der Waals surface area (Å²) in [6.45, 7) is 2.62. The Bertz CT molecular complexity index is 774. The Kier molecular flexibility index (Phi) is 3.62. The Labute approximate surface area is 124 Å². The summed E-state index contributed by atoms with van der Waals surface area (Å²) < 4.78 is 5.94. The van der Waals surface area contributed by atoms with Crippen molar-refractivity contribution in [3.05, 3.63) is 35.2 Å². The third-order valence-corrected chi connectivity index (χ3v) is 3.88. The van der Waals surface area contributed by atoms with Crippen LogP contribution in [0.15, 0.2) is 30.5 Å². The first-order chi connectivity index (χ1) is 9.76. The van der Waals surface area contributed by atoms with Crippen LogP contribution in [-0.2, 0) is 0 Å². The number of thiazole rings is 1. The number of hydrogen-bond donors (Lipinski definition) is 2. The lowest BCUT2D eigenvalue weighted by molar-refractivity contribution is 0.340. The van der Waals surface area contributed by atoms with Gasteiger partial charge in [-0.05, 0) is 31.3 Å². The molecule has 0 bridgehead atoms. The van der Waals surface area contributed by atoms with E-state index in [4.69, 9.17) is 17.0 Å². The van der Waals surface area contributed by atoms with Gasteiger partial charge in [0.25, 0.3) is 0 Å². The summed E-state index contributed by atoms with van der Waals surface area (Å²) in [7, 11) is 0. The Morgan fingerprint density at radius 3 is 3.00 bits per heavy atom. The fourth-order valence-electron chi connectivity index (χ4n) is 1.79. The molecule has 2 heterocycles. The molecule has 2 aromatic heterocycles. The van der Waals surface area contributed by atoms with Crippen LogP contribution in [0.2, 0.25) is 0 Å². The van der Waals surface area contributed by atoms with Crippen LogP contribution in [0, 0.1) is 4.77 Å². The second-order valence-corrected chi connectivity index (χ2v) is 5.42. The fraction of sp³-hybridized carbons (Fsp3) is 0.154. The van der Waals surface area contributed by atoms with Crippen LogP contribution in [0.4, 0.5) is 0 Å². The third-order valence-electron chi connectivity index (χ3n) is 2.63. The average molecular weight is 304 g/mol. The number of ether oxygens (including phenoxy) is 1. The highest BCUT2D eigenvalue weighted by Crippen LogP contribution is 2.31. The topological polar surface area (TPSA) is 66.6 Å². The van der Waals surface area contributed by atoms with Crippen molar-refractivity contribution < 1.29 is 4.74 Å². The number of nitrogens with zero attached hydrogens (tertiary/aromatic N) is 2. The Balaban J connectivity index is 1.93. The summed E-state index contributed by atoms with van der Waals surface area (Å²) in [5.41, 5.74) is 1.03. The van der Waals surface area contributed by atoms with Gasteiger partial charge in [-0.25, -0.2) is 4.98 Å². The molecule has 3 rings (SSSR count). The van der Waals surface area contributed by atoms with Crippen molar-refractivity contribution in [1.29, 1.82) is 0 Å². The van der Waals surface area contributed by atoms with Gasteiger partial charge < -0.3 is 4.74 Å². The number of hydrogen-bond acceptors (Lipinski definition) is 5. The molecule has 5 nitrogen and oxygen atoms in total. The quantitative estimate of drug-likeness (QED) is 0.722. The van der Waals surface area contributed by atoms with Crippen molar-refractivity contribution in [2.45, 2.75) is 6.92 Å². The largest absolute Gasteiger partial charge is 0.494 e. The monoisotopic (exact) mass is 304 g/mol. The van der Waals surface area contributed by atoms with E-state index in [-0.39, 0.29) is 0 Å². The summed E-state index contributed by atoms with van der Waals surface area (Å²) >= 11 is 6.50. The van der Waals surface area contributed by atoms with E-state index in [9.17, 15) is 0 Å². The van der Waals surface area contributed by atoms with E-state index in [0.29, 0.717) is 17.2 Å². The zero-order valence-electron chi connectivity index (χ0n) is 10.7. The maximum Gasteiger partial charge on any atom is 0.213 e. The highest BCUT2D eigenvalue weighted by molar-refractivity contribution is 7.71. The summed E-state index contributed by atoms with van der Waals surface area (Å²) in [6.07, 6.45) is 1.79. The van der Waals surface area contributed by atoms with Gasteiger partial charge in [0.2, 0.25) is 4.77 Å². The van der Waals surface area contributed by atoms with Crippen LogP contribution in [0.3, 0.4) is 0 Å². The molecule has 1 aromatic carbocycles. The van der Waals surface area contributed by atoms with Gasteiger partial charge >= 0.3 is 0 Å². The molecule has 0 amide bonds. The molecule has 0 saturated carbocycles. The second-order valence-electron chi connectivity index (χ2n) is 4.01. The van der Waals surface area contributed by atoms with Crippen LogP contribution in [0.1, 0.15) is 6.92 Å². The molecule has 0 fully saturated rings. The molecule has 0 spiro atoms. The maximum atomic E-state index is 5.50. The van der Waals surface area contributed by atoms with E-state index in [1.807, 2.05) is 31.2 Å². The minimum Gasteiger partial charge on any atom is -0.494 e. The lowest BCUT2D eigenvalue weighted by Crippen LogP contribution is -1.90. The van der Waals surface area contributed by atoms with Crippen LogP contribution >= 0.6 is 23.6 Å². The molecule has 0 atom stereocenters. The van der Waals surface area contributed by atoms with Crippen LogP contribution in [-0.4, -0.2) is 26.8 Å². The molecule has 0 aliphatic rings. The lowest BCUT2D eigenvalue weighted by atomic mass is 10.2. The lowest BCUT2D eigenvalue weighted by Gasteiger charge is -2.03. The molecular formula is C13H12N4OS2. The van der Waals surface area contributed by atoms with Crippen molar-refractivity contribution in [2.75, 3.05) is 6.61 Å². The number of rotatable bonds is 4. The Morgan fingerprint density at radius 1 is 1.35 bits per heavy atom. The minimum absolute atomic E-state index is 0.438. The molecule has 20 heavy (non-hydrogen) atoms. The zero-order chi connectivity index (χ0) is 13.9.